The predicted octanol–water partition coefficient (Wildman–Crippen LogP) is 3.65. The SMILES string of the molecule is CN=C(NCCCc1ccccc1)NCCc1cc(F)cc2c1OCOC2.I. The third kappa shape index (κ3) is 6.63. The predicted molar refractivity (Wildman–Crippen MR) is 120 cm³/mol. The molecule has 5 nitrogen and oxygen atoms in total. The summed E-state index contributed by atoms with van der Waals surface area (Å²) < 4.78 is 24.6. The maximum absolute atomic E-state index is 13.8. The number of aliphatic imine (C=N–C) groups is 1. The molecule has 0 aliphatic carbocycles. The lowest BCUT2D eigenvalue weighted by Gasteiger charge is -2.21. The van der Waals surface area contributed by atoms with E-state index in [9.17, 15) is 4.39 Å². The molecule has 1 aliphatic rings. The summed E-state index contributed by atoms with van der Waals surface area (Å²) in [6.45, 7) is 2.07. The van der Waals surface area contributed by atoms with E-state index in [-0.39, 0.29) is 36.6 Å². The molecule has 152 valence electrons. The van der Waals surface area contributed by atoms with Gasteiger partial charge in [0.25, 0.3) is 0 Å². The van der Waals surface area contributed by atoms with Crippen LogP contribution < -0.4 is 15.4 Å². The van der Waals surface area contributed by atoms with Gasteiger partial charge in [-0.05, 0) is 42.5 Å². The van der Waals surface area contributed by atoms with Gasteiger partial charge in [-0.1, -0.05) is 30.3 Å². The van der Waals surface area contributed by atoms with Crippen molar-refractivity contribution in [1.29, 1.82) is 0 Å². The number of guanidine groups is 1. The normalized spacial score (nSPS) is 13.1. The van der Waals surface area contributed by atoms with Crippen molar-refractivity contribution in [3.63, 3.8) is 0 Å². The molecule has 0 atom stereocenters. The summed E-state index contributed by atoms with van der Waals surface area (Å²) in [6.07, 6.45) is 2.69. The zero-order chi connectivity index (χ0) is 18.9. The largest absolute Gasteiger partial charge is 0.467 e. The van der Waals surface area contributed by atoms with Crippen molar-refractivity contribution in [2.75, 3.05) is 26.9 Å². The van der Waals surface area contributed by atoms with E-state index in [1.165, 1.54) is 17.7 Å². The van der Waals surface area contributed by atoms with Crippen molar-refractivity contribution in [2.45, 2.75) is 25.9 Å². The topological polar surface area (TPSA) is 54.9 Å². The molecule has 7 heteroatoms. The first-order chi connectivity index (χ1) is 13.3. The van der Waals surface area contributed by atoms with Crippen LogP contribution in [0, 0.1) is 5.82 Å². The van der Waals surface area contributed by atoms with Gasteiger partial charge in [0, 0.05) is 25.7 Å². The van der Waals surface area contributed by atoms with E-state index in [4.69, 9.17) is 9.47 Å². The highest BCUT2D eigenvalue weighted by atomic mass is 127. The van der Waals surface area contributed by atoms with Crippen molar-refractivity contribution >= 4 is 29.9 Å². The van der Waals surface area contributed by atoms with Gasteiger partial charge < -0.3 is 20.1 Å². The Bertz CT molecular complexity index is 772. The van der Waals surface area contributed by atoms with E-state index in [2.05, 4.69) is 39.9 Å². The van der Waals surface area contributed by atoms with E-state index in [1.807, 2.05) is 6.07 Å². The molecule has 0 fully saturated rings. The Morgan fingerprint density at radius 2 is 1.89 bits per heavy atom. The van der Waals surface area contributed by atoms with Gasteiger partial charge in [-0.2, -0.15) is 0 Å². The standard InChI is InChI=1S/C21H26FN3O2.HI/c1-23-21(24-10-5-8-16-6-3-2-4-7-16)25-11-9-17-12-19(22)13-18-14-26-15-27-20(17)18;/h2-4,6-7,12-13H,5,8-11,14-15H2,1H3,(H2,23,24,25);1H. The van der Waals surface area contributed by atoms with Crippen LogP contribution in [0.4, 0.5) is 4.39 Å². The fraction of sp³-hybridized carbons (Fsp3) is 0.381. The summed E-state index contributed by atoms with van der Waals surface area (Å²) >= 11 is 0. The Hall–Kier alpha value is -1.87. The molecule has 0 amide bonds. The van der Waals surface area contributed by atoms with E-state index >= 15 is 0 Å². The molecule has 2 aromatic carbocycles. The van der Waals surface area contributed by atoms with Gasteiger partial charge in [0.1, 0.15) is 11.6 Å². The third-order valence-electron chi connectivity index (χ3n) is 4.44. The second-order valence-electron chi connectivity index (χ2n) is 6.43. The summed E-state index contributed by atoms with van der Waals surface area (Å²) in [7, 11) is 1.75. The third-order valence-corrected chi connectivity index (χ3v) is 4.44. The zero-order valence-corrected chi connectivity index (χ0v) is 18.4. The number of benzene rings is 2. The molecule has 0 unspecified atom stereocenters. The first-order valence-corrected chi connectivity index (χ1v) is 9.26. The lowest BCUT2D eigenvalue weighted by atomic mass is 10.1. The smallest absolute Gasteiger partial charge is 0.190 e. The average molecular weight is 499 g/mol. The summed E-state index contributed by atoms with van der Waals surface area (Å²) in [4.78, 5) is 4.24. The Labute approximate surface area is 182 Å². The van der Waals surface area contributed by atoms with E-state index in [0.717, 1.165) is 42.2 Å². The van der Waals surface area contributed by atoms with Crippen LogP contribution in [0.15, 0.2) is 47.5 Å². The molecule has 1 aliphatic heterocycles. The zero-order valence-electron chi connectivity index (χ0n) is 16.0. The van der Waals surface area contributed by atoms with Crippen molar-refractivity contribution in [3.8, 4) is 5.75 Å². The van der Waals surface area contributed by atoms with Crippen molar-refractivity contribution in [3.05, 3.63) is 65.0 Å². The summed E-state index contributed by atoms with van der Waals surface area (Å²) in [6, 6.07) is 13.4. The van der Waals surface area contributed by atoms with Crippen LogP contribution >= 0.6 is 24.0 Å². The number of hydrogen-bond donors (Lipinski definition) is 2. The van der Waals surface area contributed by atoms with E-state index in [0.29, 0.717) is 19.6 Å². The minimum atomic E-state index is -0.263. The Balaban J connectivity index is 0.00000280. The minimum Gasteiger partial charge on any atom is -0.467 e. The first kappa shape index (κ1) is 22.4. The van der Waals surface area contributed by atoms with Crippen LogP contribution in [0.2, 0.25) is 0 Å². The van der Waals surface area contributed by atoms with Gasteiger partial charge in [-0.3, -0.25) is 4.99 Å². The van der Waals surface area contributed by atoms with Crippen molar-refractivity contribution in [2.24, 2.45) is 4.99 Å². The Morgan fingerprint density at radius 3 is 2.68 bits per heavy atom. The number of halogens is 2. The minimum absolute atomic E-state index is 0. The maximum Gasteiger partial charge on any atom is 0.190 e. The number of ether oxygens (including phenoxy) is 2. The molecule has 2 N–H and O–H groups in total. The van der Waals surface area contributed by atoms with Crippen LogP contribution in [-0.2, 0) is 24.2 Å². The number of hydrogen-bond acceptors (Lipinski definition) is 3. The number of rotatable bonds is 7. The molecule has 1 heterocycles. The first-order valence-electron chi connectivity index (χ1n) is 9.26. The Morgan fingerprint density at radius 1 is 1.11 bits per heavy atom. The second kappa shape index (κ2) is 11.9. The number of aryl methyl sites for hydroxylation is 1. The maximum atomic E-state index is 13.8. The number of nitrogens with zero attached hydrogens (tertiary/aromatic N) is 1. The molecular formula is C21H27FIN3O2. The van der Waals surface area contributed by atoms with E-state index in [1.54, 1.807) is 7.05 Å². The van der Waals surface area contributed by atoms with Gasteiger partial charge in [0.05, 0.1) is 6.61 Å². The second-order valence-corrected chi connectivity index (χ2v) is 6.43. The lowest BCUT2D eigenvalue weighted by molar-refractivity contribution is -0.0172. The van der Waals surface area contributed by atoms with E-state index < -0.39 is 0 Å². The summed E-state index contributed by atoms with van der Waals surface area (Å²) in [5.74, 6) is 1.23. The summed E-state index contributed by atoms with van der Waals surface area (Å²) in [5, 5.41) is 6.59. The van der Waals surface area contributed by atoms with Gasteiger partial charge in [-0.15, -0.1) is 24.0 Å². The van der Waals surface area contributed by atoms with Gasteiger partial charge in [0.15, 0.2) is 12.8 Å². The molecule has 0 bridgehead atoms. The van der Waals surface area contributed by atoms with Crippen LogP contribution in [0.25, 0.3) is 0 Å². The number of fused-ring (bicyclic) bond motifs is 1. The molecule has 0 spiro atoms. The van der Waals surface area contributed by atoms with Crippen LogP contribution in [0.3, 0.4) is 0 Å². The highest BCUT2D eigenvalue weighted by Crippen LogP contribution is 2.29. The summed E-state index contributed by atoms with van der Waals surface area (Å²) in [5.41, 5.74) is 2.95. The van der Waals surface area contributed by atoms with Crippen molar-refractivity contribution in [1.82, 2.24) is 10.6 Å². The molecule has 3 rings (SSSR count). The average Bonchev–Trinajstić information content (AvgIpc) is 2.70. The van der Waals surface area contributed by atoms with Crippen LogP contribution in [-0.4, -0.2) is 32.9 Å². The quantitative estimate of drug-likeness (QED) is 0.265. The highest BCUT2D eigenvalue weighted by molar-refractivity contribution is 14.0. The molecule has 2 aromatic rings. The molecule has 0 saturated carbocycles. The molecule has 0 saturated heterocycles. The van der Waals surface area contributed by atoms with Gasteiger partial charge >= 0.3 is 0 Å². The monoisotopic (exact) mass is 499 g/mol. The van der Waals surface area contributed by atoms with Gasteiger partial charge in [-0.25, -0.2) is 4.39 Å². The van der Waals surface area contributed by atoms with Crippen LogP contribution in [0.5, 0.6) is 5.75 Å². The van der Waals surface area contributed by atoms with Gasteiger partial charge in [0.2, 0.25) is 0 Å². The fourth-order valence-electron chi connectivity index (χ4n) is 3.12. The Kier molecular flexibility index (Phi) is 9.49. The lowest BCUT2D eigenvalue weighted by Crippen LogP contribution is -2.38. The molecular weight excluding hydrogens is 472 g/mol. The fourth-order valence-corrected chi connectivity index (χ4v) is 3.12. The highest BCUT2D eigenvalue weighted by Gasteiger charge is 2.16. The molecule has 0 radical (unpaired) electrons. The van der Waals surface area contributed by atoms with Crippen LogP contribution in [0.1, 0.15) is 23.1 Å². The number of nitrogens with one attached hydrogen (secondary N) is 2. The molecule has 0 aromatic heterocycles. The molecule has 28 heavy (non-hydrogen) atoms. The van der Waals surface area contributed by atoms with Crippen molar-refractivity contribution < 1.29 is 13.9 Å².